The molecule has 0 bridgehead atoms. The molecule has 1 aliphatic rings. The fourth-order valence-electron chi connectivity index (χ4n) is 2.36. The summed E-state index contributed by atoms with van der Waals surface area (Å²) in [4.78, 5) is 4.41. The van der Waals surface area contributed by atoms with Crippen LogP contribution in [0.2, 0.25) is 0 Å². The van der Waals surface area contributed by atoms with Crippen molar-refractivity contribution in [2.45, 2.75) is 18.9 Å². The molecule has 0 saturated carbocycles. The number of nitrogens with zero attached hydrogens (tertiary/aromatic N) is 2. The fourth-order valence-corrected chi connectivity index (χ4v) is 2.36. The van der Waals surface area contributed by atoms with E-state index in [9.17, 15) is 0 Å². The zero-order chi connectivity index (χ0) is 12.2. The molecule has 1 atom stereocenters. The van der Waals surface area contributed by atoms with Gasteiger partial charge in [-0.1, -0.05) is 18.2 Å². The first-order valence-electron chi connectivity index (χ1n) is 6.49. The second kappa shape index (κ2) is 5.23. The van der Waals surface area contributed by atoms with Crippen molar-refractivity contribution in [3.05, 3.63) is 42.7 Å². The summed E-state index contributed by atoms with van der Waals surface area (Å²) in [6.45, 7) is 2.15. The average Bonchev–Trinajstić information content (AvgIpc) is 2.89. The highest BCUT2D eigenvalue weighted by atomic mass is 15.2. The predicted octanol–water partition coefficient (Wildman–Crippen LogP) is 2.04. The average molecular weight is 242 g/mol. The molecule has 0 amide bonds. The van der Waals surface area contributed by atoms with Gasteiger partial charge in [0.25, 0.3) is 0 Å². The van der Waals surface area contributed by atoms with E-state index in [1.54, 1.807) is 0 Å². The summed E-state index contributed by atoms with van der Waals surface area (Å²) < 4.78 is 2.09. The van der Waals surface area contributed by atoms with Crippen molar-refractivity contribution in [2.24, 2.45) is 0 Å². The Hall–Kier alpha value is -1.81. The highest BCUT2D eigenvalue weighted by molar-refractivity contribution is 5.42. The van der Waals surface area contributed by atoms with Crippen molar-refractivity contribution in [1.82, 2.24) is 14.9 Å². The van der Waals surface area contributed by atoms with Crippen LogP contribution in [0.4, 0.5) is 5.95 Å². The summed E-state index contributed by atoms with van der Waals surface area (Å²) in [6.07, 6.45) is 6.26. The SMILES string of the molecule is c1ccc(-n2ccnc2NC2CCCNC2)cc1. The molecular formula is C14H18N4. The van der Waals surface area contributed by atoms with Gasteiger partial charge in [-0.3, -0.25) is 4.57 Å². The number of hydrogen-bond donors (Lipinski definition) is 2. The van der Waals surface area contributed by atoms with E-state index in [0.29, 0.717) is 6.04 Å². The van der Waals surface area contributed by atoms with Crippen LogP contribution in [0.15, 0.2) is 42.7 Å². The third-order valence-corrected chi connectivity index (χ3v) is 3.31. The third-order valence-electron chi connectivity index (χ3n) is 3.31. The number of nitrogens with one attached hydrogen (secondary N) is 2. The Bertz CT molecular complexity index is 486. The second-order valence-electron chi connectivity index (χ2n) is 4.64. The Morgan fingerprint density at radius 3 is 2.94 bits per heavy atom. The topological polar surface area (TPSA) is 41.9 Å². The highest BCUT2D eigenvalue weighted by Crippen LogP contribution is 2.16. The van der Waals surface area contributed by atoms with Gasteiger partial charge in [0, 0.05) is 30.7 Å². The molecule has 1 aromatic heterocycles. The zero-order valence-electron chi connectivity index (χ0n) is 10.3. The molecule has 1 unspecified atom stereocenters. The largest absolute Gasteiger partial charge is 0.351 e. The van der Waals surface area contributed by atoms with Gasteiger partial charge in [-0.15, -0.1) is 0 Å². The maximum absolute atomic E-state index is 4.41. The Morgan fingerprint density at radius 1 is 1.28 bits per heavy atom. The Balaban J connectivity index is 1.79. The minimum Gasteiger partial charge on any atom is -0.351 e. The van der Waals surface area contributed by atoms with Gasteiger partial charge >= 0.3 is 0 Å². The summed E-state index contributed by atoms with van der Waals surface area (Å²) in [5.74, 6) is 0.926. The fraction of sp³-hybridized carbons (Fsp3) is 0.357. The molecular weight excluding hydrogens is 224 g/mol. The van der Waals surface area contributed by atoms with Crippen LogP contribution in [0, 0.1) is 0 Å². The molecule has 0 aliphatic carbocycles. The minimum atomic E-state index is 0.476. The molecule has 0 radical (unpaired) electrons. The normalized spacial score (nSPS) is 19.7. The van der Waals surface area contributed by atoms with E-state index in [2.05, 4.69) is 32.3 Å². The van der Waals surface area contributed by atoms with Crippen molar-refractivity contribution in [3.8, 4) is 5.69 Å². The Morgan fingerprint density at radius 2 is 2.17 bits per heavy atom. The van der Waals surface area contributed by atoms with Gasteiger partial charge in [0.15, 0.2) is 0 Å². The van der Waals surface area contributed by atoms with Crippen LogP contribution in [0.3, 0.4) is 0 Å². The van der Waals surface area contributed by atoms with E-state index in [4.69, 9.17) is 0 Å². The van der Waals surface area contributed by atoms with Crippen LogP contribution in [0.5, 0.6) is 0 Å². The number of piperidine rings is 1. The Labute approximate surface area is 107 Å². The molecule has 3 rings (SSSR count). The molecule has 2 N–H and O–H groups in total. The highest BCUT2D eigenvalue weighted by Gasteiger charge is 2.14. The zero-order valence-corrected chi connectivity index (χ0v) is 10.3. The number of rotatable bonds is 3. The maximum Gasteiger partial charge on any atom is 0.207 e. The van der Waals surface area contributed by atoms with Gasteiger partial charge in [-0.05, 0) is 31.5 Å². The lowest BCUT2D eigenvalue weighted by Gasteiger charge is -2.24. The van der Waals surface area contributed by atoms with Crippen molar-refractivity contribution in [3.63, 3.8) is 0 Å². The maximum atomic E-state index is 4.41. The molecule has 0 spiro atoms. The predicted molar refractivity (Wildman–Crippen MR) is 73.1 cm³/mol. The first kappa shape index (κ1) is 11.3. The molecule has 94 valence electrons. The quantitative estimate of drug-likeness (QED) is 0.865. The molecule has 1 fully saturated rings. The van der Waals surface area contributed by atoms with Crippen LogP contribution >= 0.6 is 0 Å². The first-order chi connectivity index (χ1) is 8.93. The minimum absolute atomic E-state index is 0.476. The van der Waals surface area contributed by atoms with Crippen molar-refractivity contribution >= 4 is 5.95 Å². The molecule has 1 aliphatic heterocycles. The van der Waals surface area contributed by atoms with E-state index in [0.717, 1.165) is 24.7 Å². The number of para-hydroxylation sites is 1. The molecule has 1 saturated heterocycles. The number of hydrogen-bond acceptors (Lipinski definition) is 3. The summed E-state index contributed by atoms with van der Waals surface area (Å²) in [7, 11) is 0. The van der Waals surface area contributed by atoms with Crippen LogP contribution in [0.1, 0.15) is 12.8 Å². The smallest absolute Gasteiger partial charge is 0.207 e. The lowest BCUT2D eigenvalue weighted by atomic mass is 10.1. The van der Waals surface area contributed by atoms with Crippen molar-refractivity contribution < 1.29 is 0 Å². The van der Waals surface area contributed by atoms with E-state index in [1.807, 2.05) is 30.6 Å². The van der Waals surface area contributed by atoms with Crippen LogP contribution < -0.4 is 10.6 Å². The first-order valence-corrected chi connectivity index (χ1v) is 6.49. The molecule has 1 aromatic carbocycles. The summed E-state index contributed by atoms with van der Waals surface area (Å²) in [5.41, 5.74) is 1.14. The second-order valence-corrected chi connectivity index (χ2v) is 4.64. The van der Waals surface area contributed by atoms with Crippen molar-refractivity contribution in [1.29, 1.82) is 0 Å². The van der Waals surface area contributed by atoms with Crippen LogP contribution in [-0.2, 0) is 0 Å². The van der Waals surface area contributed by atoms with Gasteiger partial charge in [0.2, 0.25) is 5.95 Å². The number of imidazole rings is 1. The Kier molecular flexibility index (Phi) is 3.28. The van der Waals surface area contributed by atoms with Crippen LogP contribution in [0.25, 0.3) is 5.69 Å². The molecule has 4 nitrogen and oxygen atoms in total. The monoisotopic (exact) mass is 242 g/mol. The number of benzene rings is 1. The van der Waals surface area contributed by atoms with E-state index >= 15 is 0 Å². The standard InChI is InChI=1S/C14H18N4/c1-2-6-13(7-3-1)18-10-9-16-14(18)17-12-5-4-8-15-11-12/h1-3,6-7,9-10,12,15H,4-5,8,11H2,(H,16,17). The molecule has 4 heteroatoms. The van der Waals surface area contributed by atoms with Crippen molar-refractivity contribution in [2.75, 3.05) is 18.4 Å². The van der Waals surface area contributed by atoms with E-state index in [1.165, 1.54) is 12.8 Å². The molecule has 2 aromatic rings. The van der Waals surface area contributed by atoms with E-state index in [-0.39, 0.29) is 0 Å². The summed E-state index contributed by atoms with van der Waals surface area (Å²) in [6, 6.07) is 10.8. The van der Waals surface area contributed by atoms with E-state index < -0.39 is 0 Å². The van der Waals surface area contributed by atoms with Gasteiger partial charge in [-0.25, -0.2) is 4.98 Å². The molecule has 18 heavy (non-hydrogen) atoms. The lowest BCUT2D eigenvalue weighted by molar-refractivity contribution is 0.477. The van der Waals surface area contributed by atoms with Gasteiger partial charge in [0.05, 0.1) is 0 Å². The van der Waals surface area contributed by atoms with Crippen LogP contribution in [-0.4, -0.2) is 28.7 Å². The number of anilines is 1. The summed E-state index contributed by atoms with van der Waals surface area (Å²) >= 11 is 0. The van der Waals surface area contributed by atoms with Gasteiger partial charge in [0.1, 0.15) is 0 Å². The third kappa shape index (κ3) is 2.38. The van der Waals surface area contributed by atoms with Gasteiger partial charge < -0.3 is 10.6 Å². The lowest BCUT2D eigenvalue weighted by Crippen LogP contribution is -2.39. The number of aromatic nitrogens is 2. The molecule has 2 heterocycles. The summed E-state index contributed by atoms with van der Waals surface area (Å²) in [5, 5.41) is 6.92. The van der Waals surface area contributed by atoms with Gasteiger partial charge in [-0.2, -0.15) is 0 Å².